The summed E-state index contributed by atoms with van der Waals surface area (Å²) in [5, 5.41) is 2.86. The van der Waals surface area contributed by atoms with Gasteiger partial charge in [0.05, 0.1) is 11.2 Å². The lowest BCUT2D eigenvalue weighted by Gasteiger charge is -2.09. The molecule has 0 fully saturated rings. The fourth-order valence-corrected chi connectivity index (χ4v) is 3.81. The summed E-state index contributed by atoms with van der Waals surface area (Å²) in [6.07, 6.45) is 5.39. The Balaban J connectivity index is 1.61. The Hall–Kier alpha value is -2.97. The second-order valence-electron chi connectivity index (χ2n) is 6.26. The van der Waals surface area contributed by atoms with E-state index in [1.807, 2.05) is 35.0 Å². The minimum atomic E-state index is -3.52. The molecule has 2 aromatic carbocycles. The monoisotopic (exact) mass is 398 g/mol. The van der Waals surface area contributed by atoms with Crippen LogP contribution in [-0.2, 0) is 23.1 Å². The third-order valence-corrected chi connectivity index (χ3v) is 5.69. The number of amides is 1. The molecule has 146 valence electrons. The van der Waals surface area contributed by atoms with Crippen LogP contribution in [0.2, 0.25) is 0 Å². The molecule has 3 rings (SSSR count). The smallest absolute Gasteiger partial charge is 0.251 e. The second kappa shape index (κ2) is 8.81. The molecule has 1 heterocycles. The first-order valence-electron chi connectivity index (χ1n) is 8.89. The Kier molecular flexibility index (Phi) is 6.23. The predicted octanol–water partition coefficient (Wildman–Crippen LogP) is 2.16. The first-order chi connectivity index (χ1) is 13.5. The van der Waals surface area contributed by atoms with E-state index in [2.05, 4.69) is 15.0 Å². The molecular formula is C20H22N4O3S. The molecule has 1 amide bonds. The van der Waals surface area contributed by atoms with Crippen LogP contribution < -0.4 is 10.0 Å². The molecule has 0 saturated carbocycles. The minimum Gasteiger partial charge on any atom is -0.348 e. The molecule has 3 aromatic rings. The highest BCUT2D eigenvalue weighted by Gasteiger charge is 2.13. The van der Waals surface area contributed by atoms with Gasteiger partial charge in [-0.05, 0) is 35.4 Å². The van der Waals surface area contributed by atoms with Crippen molar-refractivity contribution < 1.29 is 13.2 Å². The first kappa shape index (κ1) is 19.8. The largest absolute Gasteiger partial charge is 0.348 e. The summed E-state index contributed by atoms with van der Waals surface area (Å²) in [4.78, 5) is 16.5. The van der Waals surface area contributed by atoms with Crippen LogP contribution in [-0.4, -0.2) is 30.4 Å². The Morgan fingerprint density at radius 2 is 1.86 bits per heavy atom. The van der Waals surface area contributed by atoms with Gasteiger partial charge in [0.25, 0.3) is 5.91 Å². The van der Waals surface area contributed by atoms with E-state index in [-0.39, 0.29) is 10.8 Å². The third-order valence-electron chi connectivity index (χ3n) is 4.13. The van der Waals surface area contributed by atoms with Gasteiger partial charge < -0.3 is 9.88 Å². The molecule has 28 heavy (non-hydrogen) atoms. The molecule has 8 heteroatoms. The van der Waals surface area contributed by atoms with Crippen LogP contribution in [0.3, 0.4) is 0 Å². The van der Waals surface area contributed by atoms with E-state index in [9.17, 15) is 13.2 Å². The summed E-state index contributed by atoms with van der Waals surface area (Å²) in [7, 11) is -3.52. The zero-order chi connectivity index (χ0) is 20.0. The summed E-state index contributed by atoms with van der Waals surface area (Å²) in [6.45, 7) is 3.12. The fourth-order valence-electron chi connectivity index (χ4n) is 2.77. The van der Waals surface area contributed by atoms with E-state index in [0.717, 1.165) is 11.1 Å². The topological polar surface area (TPSA) is 93.1 Å². The average molecular weight is 398 g/mol. The summed E-state index contributed by atoms with van der Waals surface area (Å²) in [6, 6.07) is 13.8. The molecule has 0 aliphatic carbocycles. The lowest BCUT2D eigenvalue weighted by atomic mass is 10.1. The van der Waals surface area contributed by atoms with Crippen molar-refractivity contribution in [1.29, 1.82) is 0 Å². The minimum absolute atomic E-state index is 0.137. The first-order valence-corrected chi connectivity index (χ1v) is 10.4. The number of nitrogens with one attached hydrogen (secondary N) is 2. The number of rotatable bonds is 8. The number of carbonyl (C=O) groups is 1. The molecule has 1 aromatic heterocycles. The number of aromatic nitrogens is 2. The highest BCUT2D eigenvalue weighted by molar-refractivity contribution is 7.89. The van der Waals surface area contributed by atoms with Crippen molar-refractivity contribution in [1.82, 2.24) is 19.6 Å². The van der Waals surface area contributed by atoms with Crippen molar-refractivity contribution in [3.05, 3.63) is 83.9 Å². The van der Waals surface area contributed by atoms with Crippen LogP contribution >= 0.6 is 0 Å². The highest BCUT2D eigenvalue weighted by Crippen LogP contribution is 2.11. The van der Waals surface area contributed by atoms with Crippen molar-refractivity contribution in [3.8, 4) is 0 Å². The zero-order valence-corrected chi connectivity index (χ0v) is 16.3. The fraction of sp³-hybridized carbons (Fsp3) is 0.200. The highest BCUT2D eigenvalue weighted by atomic mass is 32.2. The summed E-state index contributed by atoms with van der Waals surface area (Å²) >= 11 is 0. The van der Waals surface area contributed by atoms with Gasteiger partial charge in [-0.25, -0.2) is 18.1 Å². The number of benzene rings is 2. The van der Waals surface area contributed by atoms with Crippen LogP contribution in [0, 0.1) is 0 Å². The van der Waals surface area contributed by atoms with E-state index >= 15 is 0 Å². The van der Waals surface area contributed by atoms with Crippen molar-refractivity contribution in [2.24, 2.45) is 0 Å². The molecule has 2 N–H and O–H groups in total. The Labute approximate surface area is 164 Å². The van der Waals surface area contributed by atoms with Crippen molar-refractivity contribution in [2.75, 3.05) is 6.54 Å². The number of imidazole rings is 1. The van der Waals surface area contributed by atoms with Gasteiger partial charge in [-0.3, -0.25) is 4.79 Å². The predicted molar refractivity (Wildman–Crippen MR) is 106 cm³/mol. The molecule has 0 unspecified atom stereocenters. The van der Waals surface area contributed by atoms with Gasteiger partial charge in [-0.2, -0.15) is 0 Å². The van der Waals surface area contributed by atoms with Crippen molar-refractivity contribution >= 4 is 15.9 Å². The molecular weight excluding hydrogens is 376 g/mol. The van der Waals surface area contributed by atoms with Gasteiger partial charge in [0.15, 0.2) is 0 Å². The summed E-state index contributed by atoms with van der Waals surface area (Å²) < 4.78 is 28.3. The SMILES string of the molecule is CCNS(=O)(=O)c1ccc(C(=O)NCc2cccc(Cn3ccnc3)c2)cc1. The molecule has 0 spiro atoms. The second-order valence-corrected chi connectivity index (χ2v) is 8.03. The Morgan fingerprint density at radius 1 is 1.11 bits per heavy atom. The van der Waals surface area contributed by atoms with E-state index in [1.165, 1.54) is 24.3 Å². The quantitative estimate of drug-likeness (QED) is 0.608. The number of hydrogen-bond acceptors (Lipinski definition) is 4. The lowest BCUT2D eigenvalue weighted by molar-refractivity contribution is 0.0951. The number of sulfonamides is 1. The maximum absolute atomic E-state index is 12.4. The van der Waals surface area contributed by atoms with Crippen LogP contribution in [0.15, 0.2) is 72.1 Å². The van der Waals surface area contributed by atoms with Gasteiger partial charge >= 0.3 is 0 Å². The lowest BCUT2D eigenvalue weighted by Crippen LogP contribution is -2.24. The van der Waals surface area contributed by atoms with Crippen LogP contribution in [0.4, 0.5) is 0 Å². The van der Waals surface area contributed by atoms with Gasteiger partial charge in [0.1, 0.15) is 0 Å². The molecule has 0 saturated heterocycles. The molecule has 0 atom stereocenters. The summed E-state index contributed by atoms with van der Waals surface area (Å²) in [5.74, 6) is -0.257. The van der Waals surface area contributed by atoms with Gasteiger partial charge in [-0.1, -0.05) is 31.2 Å². The van der Waals surface area contributed by atoms with E-state index in [0.29, 0.717) is 25.2 Å². The Bertz CT molecular complexity index is 1030. The molecule has 0 aliphatic rings. The standard InChI is InChI=1S/C20H22N4O3S/c1-2-23-28(26,27)19-8-6-18(7-9-19)20(25)22-13-16-4-3-5-17(12-16)14-24-11-10-21-15-24/h3-12,15,23H,2,13-14H2,1H3,(H,22,25). The maximum Gasteiger partial charge on any atom is 0.251 e. The van der Waals surface area contributed by atoms with Gasteiger partial charge in [0, 0.05) is 37.6 Å². The summed E-state index contributed by atoms with van der Waals surface area (Å²) in [5.41, 5.74) is 2.50. The third kappa shape index (κ3) is 5.05. The average Bonchev–Trinajstić information content (AvgIpc) is 3.19. The molecule has 0 radical (unpaired) electrons. The van der Waals surface area contributed by atoms with Crippen molar-refractivity contribution in [3.63, 3.8) is 0 Å². The number of carbonyl (C=O) groups excluding carboxylic acids is 1. The number of hydrogen-bond donors (Lipinski definition) is 2. The maximum atomic E-state index is 12.4. The van der Waals surface area contributed by atoms with Crippen LogP contribution in [0.25, 0.3) is 0 Å². The van der Waals surface area contributed by atoms with Crippen LogP contribution in [0.5, 0.6) is 0 Å². The molecule has 0 bridgehead atoms. The van der Waals surface area contributed by atoms with Crippen LogP contribution in [0.1, 0.15) is 28.4 Å². The van der Waals surface area contributed by atoms with Gasteiger partial charge in [-0.15, -0.1) is 0 Å². The van der Waals surface area contributed by atoms with E-state index in [1.54, 1.807) is 19.4 Å². The zero-order valence-electron chi connectivity index (χ0n) is 15.5. The van der Waals surface area contributed by atoms with Gasteiger partial charge in [0.2, 0.25) is 10.0 Å². The van der Waals surface area contributed by atoms with Crippen molar-refractivity contribution in [2.45, 2.75) is 24.9 Å². The normalized spacial score (nSPS) is 11.3. The van der Waals surface area contributed by atoms with E-state index in [4.69, 9.17) is 0 Å². The molecule has 7 nitrogen and oxygen atoms in total. The van der Waals surface area contributed by atoms with E-state index < -0.39 is 10.0 Å². The number of nitrogens with zero attached hydrogens (tertiary/aromatic N) is 2. The molecule has 0 aliphatic heterocycles. The Morgan fingerprint density at radius 3 is 2.54 bits per heavy atom.